The molecule has 2 saturated carbocycles. The van der Waals surface area contributed by atoms with Crippen molar-refractivity contribution in [3.05, 3.63) is 35.6 Å². The van der Waals surface area contributed by atoms with E-state index in [1.54, 1.807) is 0 Å². The second-order valence-corrected chi connectivity index (χ2v) is 8.02. The number of fused-ring (bicyclic) bond motifs is 5. The minimum absolute atomic E-state index is 0.0244. The Morgan fingerprint density at radius 1 is 1.19 bits per heavy atom. The highest BCUT2D eigenvalue weighted by Gasteiger charge is 2.56. The molecule has 0 saturated heterocycles. The first-order valence-corrected chi connectivity index (χ1v) is 8.43. The Morgan fingerprint density at radius 2 is 2.00 bits per heavy atom. The molecule has 0 heterocycles. The Balaban J connectivity index is 1.70. The molecule has 2 heteroatoms. The molecule has 2 fully saturated rings. The quantitative estimate of drug-likeness (QED) is 0.657. The Hall–Kier alpha value is -1.02. The van der Waals surface area contributed by atoms with E-state index in [4.69, 9.17) is 0 Å². The molecule has 0 aromatic rings. The molecule has 0 aromatic heterocycles. The zero-order valence-electron chi connectivity index (χ0n) is 13.0. The van der Waals surface area contributed by atoms with Crippen molar-refractivity contribution in [2.45, 2.75) is 52.1 Å². The van der Waals surface area contributed by atoms with Gasteiger partial charge >= 0.3 is 0 Å². The maximum absolute atomic E-state index is 10.3. The van der Waals surface area contributed by atoms with E-state index < -0.39 is 6.10 Å². The van der Waals surface area contributed by atoms with Gasteiger partial charge in [-0.2, -0.15) is 0 Å². The van der Waals surface area contributed by atoms with Crippen LogP contribution in [0.4, 0.5) is 0 Å². The number of hydrogen-bond donors (Lipinski definition) is 2. The second kappa shape index (κ2) is 4.25. The summed E-state index contributed by atoms with van der Waals surface area (Å²) in [6.07, 6.45) is 13.6. The van der Waals surface area contributed by atoms with E-state index in [2.05, 4.69) is 32.1 Å². The van der Waals surface area contributed by atoms with Crippen LogP contribution in [0.2, 0.25) is 0 Å². The van der Waals surface area contributed by atoms with Crippen LogP contribution in [0.15, 0.2) is 35.6 Å². The van der Waals surface area contributed by atoms with Crippen molar-refractivity contribution in [1.82, 2.24) is 0 Å². The van der Waals surface area contributed by atoms with Crippen molar-refractivity contribution in [2.75, 3.05) is 0 Å². The summed E-state index contributed by atoms with van der Waals surface area (Å²) in [5.74, 6) is 2.62. The van der Waals surface area contributed by atoms with Crippen molar-refractivity contribution in [3.63, 3.8) is 0 Å². The lowest BCUT2D eigenvalue weighted by atomic mass is 9.48. The van der Waals surface area contributed by atoms with E-state index in [0.29, 0.717) is 23.5 Å². The van der Waals surface area contributed by atoms with Crippen molar-refractivity contribution in [2.24, 2.45) is 28.6 Å². The lowest BCUT2D eigenvalue weighted by Gasteiger charge is -2.56. The molecule has 0 aliphatic heterocycles. The van der Waals surface area contributed by atoms with Gasteiger partial charge in [0.15, 0.2) is 0 Å². The first-order valence-electron chi connectivity index (χ1n) is 8.43. The van der Waals surface area contributed by atoms with Gasteiger partial charge in [-0.3, -0.25) is 0 Å². The molecule has 4 rings (SSSR count). The van der Waals surface area contributed by atoms with Crippen LogP contribution in [0.25, 0.3) is 0 Å². The van der Waals surface area contributed by atoms with Gasteiger partial charge in [0.05, 0.1) is 11.9 Å². The van der Waals surface area contributed by atoms with E-state index >= 15 is 0 Å². The average molecular weight is 286 g/mol. The summed E-state index contributed by atoms with van der Waals surface area (Å²) in [5, 5.41) is 20.2. The predicted molar refractivity (Wildman–Crippen MR) is 83.7 cm³/mol. The fourth-order valence-electron chi connectivity index (χ4n) is 5.86. The van der Waals surface area contributed by atoms with Gasteiger partial charge in [0.2, 0.25) is 0 Å². The van der Waals surface area contributed by atoms with Crippen molar-refractivity contribution in [1.29, 1.82) is 0 Å². The molecule has 2 N–H and O–H groups in total. The molecule has 114 valence electrons. The van der Waals surface area contributed by atoms with Crippen molar-refractivity contribution >= 4 is 0 Å². The zero-order chi connectivity index (χ0) is 14.8. The van der Waals surface area contributed by atoms with Crippen LogP contribution in [0.5, 0.6) is 0 Å². The summed E-state index contributed by atoms with van der Waals surface area (Å²) < 4.78 is 0. The third-order valence-corrected chi connectivity index (χ3v) is 7.20. The molecule has 2 nitrogen and oxygen atoms in total. The van der Waals surface area contributed by atoms with Gasteiger partial charge in [-0.1, -0.05) is 37.6 Å². The van der Waals surface area contributed by atoms with Gasteiger partial charge in [0.25, 0.3) is 0 Å². The number of aliphatic hydroxyl groups excluding tert-OH is 2. The summed E-state index contributed by atoms with van der Waals surface area (Å²) in [5.41, 5.74) is 1.59. The van der Waals surface area contributed by atoms with Gasteiger partial charge < -0.3 is 10.2 Å². The van der Waals surface area contributed by atoms with E-state index in [1.807, 2.05) is 6.08 Å². The van der Waals surface area contributed by atoms with Crippen LogP contribution < -0.4 is 0 Å². The number of allylic oxidation sites excluding steroid dienone is 4. The summed E-state index contributed by atoms with van der Waals surface area (Å²) in [6, 6.07) is 0. The maximum atomic E-state index is 10.3. The summed E-state index contributed by atoms with van der Waals surface area (Å²) in [6.45, 7) is 4.63. The molecular weight excluding hydrogens is 260 g/mol. The van der Waals surface area contributed by atoms with E-state index in [9.17, 15) is 10.2 Å². The topological polar surface area (TPSA) is 40.5 Å². The Labute approximate surface area is 127 Å². The first kappa shape index (κ1) is 13.6. The maximum Gasteiger partial charge on any atom is 0.0944 e. The van der Waals surface area contributed by atoms with Crippen LogP contribution in [0, 0.1) is 28.6 Å². The highest BCUT2D eigenvalue weighted by molar-refractivity contribution is 5.34. The van der Waals surface area contributed by atoms with E-state index in [1.165, 1.54) is 18.4 Å². The molecule has 0 radical (unpaired) electrons. The Morgan fingerprint density at radius 3 is 2.81 bits per heavy atom. The second-order valence-electron chi connectivity index (χ2n) is 8.02. The van der Waals surface area contributed by atoms with Crippen LogP contribution in [0.1, 0.15) is 46.0 Å². The van der Waals surface area contributed by atoms with Crippen LogP contribution >= 0.6 is 0 Å². The standard InChI is InChI=1S/C19H26O2/c1-18-9-7-13(20)11-12(18)3-4-14-15-5-6-17(21)19(15,2)10-8-16(14)18/h6-7,9,11,13-16,20-21H,3-5,8,10H2,1-2H3/t13?,14-,15-,16+,18-,19-/m0/s1. The van der Waals surface area contributed by atoms with Crippen molar-refractivity contribution < 1.29 is 10.2 Å². The highest BCUT2D eigenvalue weighted by atomic mass is 16.3. The largest absolute Gasteiger partial charge is 0.512 e. The first-order chi connectivity index (χ1) is 9.95. The van der Waals surface area contributed by atoms with Gasteiger partial charge in [-0.25, -0.2) is 0 Å². The molecule has 6 atom stereocenters. The van der Waals surface area contributed by atoms with Crippen LogP contribution in [0.3, 0.4) is 0 Å². The van der Waals surface area contributed by atoms with Crippen molar-refractivity contribution in [3.8, 4) is 0 Å². The zero-order valence-corrected chi connectivity index (χ0v) is 13.0. The van der Waals surface area contributed by atoms with Gasteiger partial charge in [-0.05, 0) is 55.9 Å². The van der Waals surface area contributed by atoms with Gasteiger partial charge in [0.1, 0.15) is 0 Å². The third-order valence-electron chi connectivity index (χ3n) is 7.20. The van der Waals surface area contributed by atoms with Crippen LogP contribution in [-0.4, -0.2) is 16.3 Å². The Bertz CT molecular complexity index is 558. The minimum atomic E-state index is -0.393. The number of rotatable bonds is 0. The smallest absolute Gasteiger partial charge is 0.0944 e. The third kappa shape index (κ3) is 1.69. The molecule has 0 amide bonds. The number of hydrogen-bond acceptors (Lipinski definition) is 2. The van der Waals surface area contributed by atoms with Gasteiger partial charge in [-0.15, -0.1) is 0 Å². The predicted octanol–water partition coefficient (Wildman–Crippen LogP) is 4.14. The fraction of sp³-hybridized carbons (Fsp3) is 0.684. The average Bonchev–Trinajstić information content (AvgIpc) is 2.76. The lowest BCUT2D eigenvalue weighted by molar-refractivity contribution is -0.0211. The Kier molecular flexibility index (Phi) is 2.76. The van der Waals surface area contributed by atoms with E-state index in [-0.39, 0.29) is 10.8 Å². The minimum Gasteiger partial charge on any atom is -0.512 e. The normalized spacial score (nSPS) is 51.6. The molecule has 0 aromatic carbocycles. The summed E-state index contributed by atoms with van der Waals surface area (Å²) >= 11 is 0. The van der Waals surface area contributed by atoms with Gasteiger partial charge in [0, 0.05) is 10.8 Å². The SMILES string of the molecule is C[C@]12C=CC(O)C=C1CC[C@@H]1[C@H]2CC[C@]2(C)C(O)=CC[C@@H]12. The molecule has 0 spiro atoms. The molecule has 21 heavy (non-hydrogen) atoms. The molecule has 4 aliphatic carbocycles. The molecular formula is C19H26O2. The summed E-state index contributed by atoms with van der Waals surface area (Å²) in [4.78, 5) is 0. The monoisotopic (exact) mass is 286 g/mol. The molecule has 1 unspecified atom stereocenters. The lowest BCUT2D eigenvalue weighted by Crippen LogP contribution is -2.49. The van der Waals surface area contributed by atoms with E-state index in [0.717, 1.165) is 19.3 Å². The molecule has 4 aliphatic rings. The molecule has 0 bridgehead atoms. The van der Waals surface area contributed by atoms with Crippen LogP contribution in [-0.2, 0) is 0 Å². The highest BCUT2D eigenvalue weighted by Crippen LogP contribution is 2.64. The summed E-state index contributed by atoms with van der Waals surface area (Å²) in [7, 11) is 0. The number of aliphatic hydroxyl groups is 2. The fourth-order valence-corrected chi connectivity index (χ4v) is 5.86.